The normalized spacial score (nSPS) is 22.2. The Morgan fingerprint density at radius 1 is 1.19 bits per heavy atom. The van der Waals surface area contributed by atoms with Gasteiger partial charge in [0, 0.05) is 46.3 Å². The molecule has 1 aromatic carbocycles. The summed E-state index contributed by atoms with van der Waals surface area (Å²) < 4.78 is 11.3. The molecule has 0 bridgehead atoms. The quantitative estimate of drug-likeness (QED) is 0.408. The number of nitrogens with one attached hydrogen (secondary N) is 2. The highest BCUT2D eigenvalue weighted by Crippen LogP contribution is 2.24. The van der Waals surface area contributed by atoms with Crippen molar-refractivity contribution in [1.29, 1.82) is 0 Å². The molecule has 2 unspecified atom stereocenters. The smallest absolute Gasteiger partial charge is 0.407 e. The van der Waals surface area contributed by atoms with Gasteiger partial charge in [-0.3, -0.25) is 9.89 Å². The zero-order valence-corrected chi connectivity index (χ0v) is 19.3. The van der Waals surface area contributed by atoms with Crippen LogP contribution in [0.4, 0.5) is 4.79 Å². The molecule has 2 saturated heterocycles. The van der Waals surface area contributed by atoms with Crippen molar-refractivity contribution in [3.8, 4) is 0 Å². The van der Waals surface area contributed by atoms with Crippen LogP contribution in [0.15, 0.2) is 35.3 Å². The van der Waals surface area contributed by atoms with Crippen LogP contribution in [-0.2, 0) is 16.0 Å². The number of ether oxygens (including phenoxy) is 2. The molecule has 0 spiro atoms. The van der Waals surface area contributed by atoms with Gasteiger partial charge in [-0.2, -0.15) is 0 Å². The van der Waals surface area contributed by atoms with E-state index in [-0.39, 0.29) is 12.2 Å². The first-order valence-electron chi connectivity index (χ1n) is 11.2. The van der Waals surface area contributed by atoms with Crippen molar-refractivity contribution in [3.05, 3.63) is 35.9 Å². The standard InChI is InChI=1S/C23H37N5O3/c1-23(2,3)31-22(29)26-12-8-11-25-21(24-4)28-16-19-20(17-28)30-14-13-27(19)15-18-9-6-5-7-10-18/h5-7,9-10,19-20H,8,11-17H2,1-4H3,(H,24,25)(H,26,29). The molecule has 0 aromatic heterocycles. The van der Waals surface area contributed by atoms with Gasteiger partial charge in [0.05, 0.1) is 18.8 Å². The number of benzene rings is 1. The highest BCUT2D eigenvalue weighted by atomic mass is 16.6. The molecule has 0 aliphatic carbocycles. The predicted molar refractivity (Wildman–Crippen MR) is 122 cm³/mol. The molecule has 2 aliphatic rings. The van der Waals surface area contributed by atoms with E-state index in [0.29, 0.717) is 12.6 Å². The second kappa shape index (κ2) is 10.8. The minimum atomic E-state index is -0.479. The van der Waals surface area contributed by atoms with Crippen molar-refractivity contribution in [2.24, 2.45) is 4.99 Å². The fourth-order valence-corrected chi connectivity index (χ4v) is 4.07. The van der Waals surface area contributed by atoms with E-state index >= 15 is 0 Å². The monoisotopic (exact) mass is 431 g/mol. The van der Waals surface area contributed by atoms with Crippen LogP contribution in [0.1, 0.15) is 32.8 Å². The molecule has 2 atom stereocenters. The molecular weight excluding hydrogens is 394 g/mol. The highest BCUT2D eigenvalue weighted by molar-refractivity contribution is 5.80. The number of nitrogens with zero attached hydrogens (tertiary/aromatic N) is 3. The van der Waals surface area contributed by atoms with E-state index in [1.54, 1.807) is 0 Å². The van der Waals surface area contributed by atoms with E-state index < -0.39 is 5.60 Å². The van der Waals surface area contributed by atoms with Gasteiger partial charge in [-0.15, -0.1) is 0 Å². The van der Waals surface area contributed by atoms with Crippen molar-refractivity contribution in [2.45, 2.75) is 51.5 Å². The summed E-state index contributed by atoms with van der Waals surface area (Å²) in [6.45, 7) is 11.3. The van der Waals surface area contributed by atoms with Gasteiger partial charge in [-0.05, 0) is 32.8 Å². The van der Waals surface area contributed by atoms with Crippen molar-refractivity contribution in [2.75, 3.05) is 46.4 Å². The summed E-state index contributed by atoms with van der Waals surface area (Å²) in [6, 6.07) is 11.0. The summed E-state index contributed by atoms with van der Waals surface area (Å²) in [6.07, 6.45) is 0.608. The first-order valence-corrected chi connectivity index (χ1v) is 11.2. The van der Waals surface area contributed by atoms with Crippen molar-refractivity contribution >= 4 is 12.1 Å². The Hall–Kier alpha value is -2.32. The average Bonchev–Trinajstić information content (AvgIpc) is 3.15. The topological polar surface area (TPSA) is 78.4 Å². The van der Waals surface area contributed by atoms with Crippen LogP contribution < -0.4 is 10.6 Å². The number of likely N-dealkylation sites (tertiary alicyclic amines) is 1. The third-order valence-corrected chi connectivity index (χ3v) is 5.46. The van der Waals surface area contributed by atoms with E-state index in [2.05, 4.69) is 55.8 Å². The number of hydrogen-bond donors (Lipinski definition) is 2. The maximum absolute atomic E-state index is 11.7. The number of hydrogen-bond acceptors (Lipinski definition) is 5. The molecule has 1 aromatic rings. The molecular formula is C23H37N5O3. The largest absolute Gasteiger partial charge is 0.444 e. The third kappa shape index (κ3) is 7.11. The van der Waals surface area contributed by atoms with Gasteiger partial charge in [0.1, 0.15) is 5.60 Å². The zero-order chi connectivity index (χ0) is 22.3. The molecule has 0 radical (unpaired) electrons. The van der Waals surface area contributed by atoms with E-state index in [4.69, 9.17) is 9.47 Å². The summed E-state index contributed by atoms with van der Waals surface area (Å²) in [5.41, 5.74) is 0.856. The fourth-order valence-electron chi connectivity index (χ4n) is 4.07. The Morgan fingerprint density at radius 3 is 2.65 bits per heavy atom. The number of alkyl carbamates (subject to hydrolysis) is 1. The van der Waals surface area contributed by atoms with Crippen LogP contribution in [0.3, 0.4) is 0 Å². The first-order chi connectivity index (χ1) is 14.9. The van der Waals surface area contributed by atoms with Crippen LogP contribution in [0.2, 0.25) is 0 Å². The maximum atomic E-state index is 11.7. The molecule has 2 heterocycles. The Kier molecular flexibility index (Phi) is 8.15. The van der Waals surface area contributed by atoms with Crippen LogP contribution >= 0.6 is 0 Å². The van der Waals surface area contributed by atoms with Gasteiger partial charge >= 0.3 is 6.09 Å². The second-order valence-electron chi connectivity index (χ2n) is 9.09. The Bertz CT molecular complexity index is 734. The molecule has 8 nitrogen and oxygen atoms in total. The summed E-state index contributed by atoms with van der Waals surface area (Å²) in [5, 5.41) is 6.21. The lowest BCUT2D eigenvalue weighted by Gasteiger charge is -2.36. The van der Waals surface area contributed by atoms with Gasteiger partial charge in [-0.1, -0.05) is 30.3 Å². The van der Waals surface area contributed by atoms with E-state index in [1.807, 2.05) is 27.8 Å². The van der Waals surface area contributed by atoms with E-state index in [9.17, 15) is 4.79 Å². The van der Waals surface area contributed by atoms with Gasteiger partial charge in [-0.25, -0.2) is 4.79 Å². The summed E-state index contributed by atoms with van der Waals surface area (Å²) >= 11 is 0. The van der Waals surface area contributed by atoms with E-state index in [1.165, 1.54) is 5.56 Å². The van der Waals surface area contributed by atoms with Crippen molar-refractivity contribution in [1.82, 2.24) is 20.4 Å². The number of aliphatic imine (C=N–C) groups is 1. The summed E-state index contributed by atoms with van der Waals surface area (Å²) in [4.78, 5) is 21.0. The van der Waals surface area contributed by atoms with Crippen molar-refractivity contribution in [3.63, 3.8) is 0 Å². The van der Waals surface area contributed by atoms with Gasteiger partial charge < -0.3 is 25.0 Å². The molecule has 2 fully saturated rings. The lowest BCUT2D eigenvalue weighted by molar-refractivity contribution is -0.0502. The SMILES string of the molecule is CN=C(NCCCNC(=O)OC(C)(C)C)N1CC2OCCN(Cc3ccccc3)C2C1. The van der Waals surface area contributed by atoms with Crippen molar-refractivity contribution < 1.29 is 14.3 Å². The molecule has 3 rings (SSSR count). The Balaban J connectivity index is 1.43. The highest BCUT2D eigenvalue weighted by Gasteiger charge is 2.41. The average molecular weight is 432 g/mol. The maximum Gasteiger partial charge on any atom is 0.407 e. The number of guanidine groups is 1. The first kappa shape index (κ1) is 23.3. The minimum absolute atomic E-state index is 0.199. The predicted octanol–water partition coefficient (Wildman–Crippen LogP) is 2.06. The van der Waals surface area contributed by atoms with Crippen LogP contribution in [-0.4, -0.2) is 86.0 Å². The van der Waals surface area contributed by atoms with Gasteiger partial charge in [0.2, 0.25) is 0 Å². The molecule has 1 amide bonds. The second-order valence-corrected chi connectivity index (χ2v) is 9.09. The lowest BCUT2D eigenvalue weighted by Crippen LogP contribution is -2.50. The number of carbonyl (C=O) groups is 1. The molecule has 0 saturated carbocycles. The van der Waals surface area contributed by atoms with E-state index in [0.717, 1.165) is 51.7 Å². The molecule has 172 valence electrons. The summed E-state index contributed by atoms with van der Waals surface area (Å²) in [7, 11) is 1.81. The number of fused-ring (bicyclic) bond motifs is 1. The number of rotatable bonds is 6. The lowest BCUT2D eigenvalue weighted by atomic mass is 10.1. The zero-order valence-electron chi connectivity index (χ0n) is 19.3. The van der Waals surface area contributed by atoms with Gasteiger partial charge in [0.15, 0.2) is 5.96 Å². The Morgan fingerprint density at radius 2 is 1.94 bits per heavy atom. The van der Waals surface area contributed by atoms with Crippen LogP contribution in [0.5, 0.6) is 0 Å². The van der Waals surface area contributed by atoms with Gasteiger partial charge in [0.25, 0.3) is 0 Å². The van der Waals surface area contributed by atoms with Crippen LogP contribution in [0.25, 0.3) is 0 Å². The van der Waals surface area contributed by atoms with Crippen LogP contribution in [0, 0.1) is 0 Å². The number of morpholine rings is 1. The third-order valence-electron chi connectivity index (χ3n) is 5.46. The molecule has 2 N–H and O–H groups in total. The number of amides is 1. The minimum Gasteiger partial charge on any atom is -0.444 e. The molecule has 8 heteroatoms. The fraction of sp³-hybridized carbons (Fsp3) is 0.652. The summed E-state index contributed by atoms with van der Waals surface area (Å²) in [5.74, 6) is 0.884. The molecule has 31 heavy (non-hydrogen) atoms. The Labute approximate surface area is 186 Å². The molecule has 2 aliphatic heterocycles. The number of carbonyl (C=O) groups excluding carboxylic acids is 1.